The molecule has 0 spiro atoms. The fourth-order valence-electron chi connectivity index (χ4n) is 4.85. The van der Waals surface area contributed by atoms with Crippen LogP contribution in [0.25, 0.3) is 0 Å². The minimum absolute atomic E-state index is 0.0106. The lowest BCUT2D eigenvalue weighted by Crippen LogP contribution is -2.51. The Morgan fingerprint density at radius 3 is 2.27 bits per heavy atom. The summed E-state index contributed by atoms with van der Waals surface area (Å²) >= 11 is 0. The number of imide groups is 1. The highest BCUT2D eigenvalue weighted by molar-refractivity contribution is 6.23. The maximum Gasteiger partial charge on any atom is 0.257 e. The van der Waals surface area contributed by atoms with Crippen molar-refractivity contribution in [2.24, 2.45) is 0 Å². The maximum atomic E-state index is 13.5. The van der Waals surface area contributed by atoms with Gasteiger partial charge in [-0.3, -0.25) is 19.2 Å². The molecule has 1 saturated heterocycles. The summed E-state index contributed by atoms with van der Waals surface area (Å²) in [5, 5.41) is 2.67. The summed E-state index contributed by atoms with van der Waals surface area (Å²) in [7, 11) is 0. The van der Waals surface area contributed by atoms with Crippen LogP contribution in [-0.4, -0.2) is 40.6 Å². The van der Waals surface area contributed by atoms with E-state index in [1.807, 2.05) is 30.3 Å². The van der Waals surface area contributed by atoms with Gasteiger partial charge in [0, 0.05) is 18.7 Å². The van der Waals surface area contributed by atoms with Gasteiger partial charge in [0.25, 0.3) is 5.91 Å². The van der Waals surface area contributed by atoms with Crippen LogP contribution in [-0.2, 0) is 25.6 Å². The van der Waals surface area contributed by atoms with Crippen molar-refractivity contribution >= 4 is 35.0 Å². The molecule has 2 aromatic carbocycles. The van der Waals surface area contributed by atoms with Gasteiger partial charge in [-0.05, 0) is 42.7 Å². The van der Waals surface area contributed by atoms with Gasteiger partial charge >= 0.3 is 0 Å². The summed E-state index contributed by atoms with van der Waals surface area (Å²) in [6.45, 7) is 1.42. The zero-order valence-corrected chi connectivity index (χ0v) is 18.8. The number of amides is 4. The molecule has 7 nitrogen and oxygen atoms in total. The van der Waals surface area contributed by atoms with Gasteiger partial charge in [-0.1, -0.05) is 49.6 Å². The van der Waals surface area contributed by atoms with Crippen LogP contribution in [0.3, 0.4) is 0 Å². The first-order valence-corrected chi connectivity index (χ1v) is 11.5. The molecule has 0 aromatic heterocycles. The van der Waals surface area contributed by atoms with Crippen LogP contribution >= 0.6 is 0 Å². The van der Waals surface area contributed by atoms with E-state index in [2.05, 4.69) is 5.32 Å². The van der Waals surface area contributed by atoms with Crippen LogP contribution in [0.1, 0.15) is 51.0 Å². The Morgan fingerprint density at radius 2 is 1.64 bits per heavy atom. The minimum atomic E-state index is -0.785. The van der Waals surface area contributed by atoms with Crippen molar-refractivity contribution in [3.8, 4) is 0 Å². The molecule has 1 unspecified atom stereocenters. The number of carbonyl (C=O) groups is 4. The number of nitrogens with zero attached hydrogens (tertiary/aromatic N) is 2. The second-order valence-electron chi connectivity index (χ2n) is 8.77. The predicted molar refractivity (Wildman–Crippen MR) is 126 cm³/mol. The predicted octanol–water partition coefficient (Wildman–Crippen LogP) is 3.68. The van der Waals surface area contributed by atoms with E-state index < -0.39 is 6.04 Å². The Kier molecular flexibility index (Phi) is 6.87. The van der Waals surface area contributed by atoms with Crippen molar-refractivity contribution in [3.05, 3.63) is 60.2 Å². The third-order valence-corrected chi connectivity index (χ3v) is 6.36. The fourth-order valence-corrected chi connectivity index (χ4v) is 4.85. The van der Waals surface area contributed by atoms with Gasteiger partial charge in [0.1, 0.15) is 6.04 Å². The molecule has 4 rings (SSSR count). The largest absolute Gasteiger partial charge is 0.327 e. The van der Waals surface area contributed by atoms with E-state index in [-0.39, 0.29) is 42.5 Å². The van der Waals surface area contributed by atoms with Crippen LogP contribution in [0.15, 0.2) is 54.6 Å². The van der Waals surface area contributed by atoms with Crippen molar-refractivity contribution in [2.45, 2.75) is 64.0 Å². The molecule has 4 amide bonds. The van der Waals surface area contributed by atoms with Crippen LogP contribution in [0.4, 0.5) is 11.4 Å². The average Bonchev–Trinajstić information content (AvgIpc) is 3.09. The van der Waals surface area contributed by atoms with Gasteiger partial charge in [0.05, 0.1) is 18.5 Å². The Labute approximate surface area is 193 Å². The maximum absolute atomic E-state index is 13.5. The zero-order chi connectivity index (χ0) is 23.4. The average molecular weight is 448 g/mol. The second kappa shape index (κ2) is 9.98. The van der Waals surface area contributed by atoms with E-state index in [1.165, 1.54) is 11.8 Å². The highest BCUT2D eigenvalue weighted by Crippen LogP contribution is 2.32. The molecule has 2 fully saturated rings. The van der Waals surface area contributed by atoms with E-state index in [0.29, 0.717) is 11.4 Å². The van der Waals surface area contributed by atoms with E-state index >= 15 is 0 Å². The third kappa shape index (κ3) is 5.13. The number of hydrogen-bond donors (Lipinski definition) is 1. The summed E-state index contributed by atoms with van der Waals surface area (Å²) in [4.78, 5) is 54.0. The summed E-state index contributed by atoms with van der Waals surface area (Å²) in [6, 6.07) is 15.3. The monoisotopic (exact) mass is 447 g/mol. The molecule has 2 aliphatic rings. The zero-order valence-electron chi connectivity index (χ0n) is 18.8. The first-order valence-electron chi connectivity index (χ1n) is 11.5. The minimum Gasteiger partial charge on any atom is -0.327 e. The van der Waals surface area contributed by atoms with Crippen molar-refractivity contribution in [3.63, 3.8) is 0 Å². The molecule has 1 aliphatic heterocycles. The highest BCUT2D eigenvalue weighted by Gasteiger charge is 2.46. The number of anilines is 2. The number of benzene rings is 2. The Hall–Kier alpha value is -3.48. The van der Waals surface area contributed by atoms with Crippen LogP contribution < -0.4 is 10.2 Å². The smallest absolute Gasteiger partial charge is 0.257 e. The second-order valence-corrected chi connectivity index (χ2v) is 8.77. The molecule has 0 radical (unpaired) electrons. The number of nitrogens with one attached hydrogen (secondary N) is 1. The van der Waals surface area contributed by atoms with Crippen molar-refractivity contribution < 1.29 is 19.2 Å². The lowest BCUT2D eigenvalue weighted by molar-refractivity contribution is -0.141. The van der Waals surface area contributed by atoms with Gasteiger partial charge in [0.2, 0.25) is 17.7 Å². The van der Waals surface area contributed by atoms with Crippen LogP contribution in [0, 0.1) is 0 Å². The normalized spacial score (nSPS) is 18.9. The summed E-state index contributed by atoms with van der Waals surface area (Å²) in [6.07, 6.45) is 5.06. The number of carbonyl (C=O) groups excluding carboxylic acids is 4. The van der Waals surface area contributed by atoms with Gasteiger partial charge in [-0.2, -0.15) is 0 Å². The summed E-state index contributed by atoms with van der Waals surface area (Å²) < 4.78 is 0. The third-order valence-electron chi connectivity index (χ3n) is 6.36. The molecule has 1 N–H and O–H groups in total. The van der Waals surface area contributed by atoms with Gasteiger partial charge in [-0.15, -0.1) is 0 Å². The first-order chi connectivity index (χ1) is 15.9. The molecule has 33 heavy (non-hydrogen) atoms. The molecule has 172 valence electrons. The molecule has 1 aliphatic carbocycles. The van der Waals surface area contributed by atoms with Crippen LogP contribution in [0.5, 0.6) is 0 Å². The van der Waals surface area contributed by atoms with Crippen LogP contribution in [0.2, 0.25) is 0 Å². The quantitative estimate of drug-likeness (QED) is 0.685. The Morgan fingerprint density at radius 1 is 0.970 bits per heavy atom. The standard InChI is InChI=1S/C26H29N3O4/c1-18(30)27-20-12-14-22(15-13-20)29-25(32)17-23(26(29)33)28(21-10-6-3-7-11-21)24(31)16-19-8-4-2-5-9-19/h2,4-5,8-9,12-15,21,23H,3,6-7,10-11,16-17H2,1H3,(H,27,30). The first kappa shape index (κ1) is 22.7. The lowest BCUT2D eigenvalue weighted by atomic mass is 9.92. The van der Waals surface area contributed by atoms with E-state index in [4.69, 9.17) is 0 Å². The number of hydrogen-bond acceptors (Lipinski definition) is 4. The van der Waals surface area contributed by atoms with Crippen molar-refractivity contribution in [1.29, 1.82) is 0 Å². The van der Waals surface area contributed by atoms with Gasteiger partial charge in [0.15, 0.2) is 0 Å². The van der Waals surface area contributed by atoms with E-state index in [9.17, 15) is 19.2 Å². The molecular weight excluding hydrogens is 418 g/mol. The molecular formula is C26H29N3O4. The van der Waals surface area contributed by atoms with Gasteiger partial charge < -0.3 is 10.2 Å². The van der Waals surface area contributed by atoms with E-state index in [1.54, 1.807) is 29.2 Å². The topological polar surface area (TPSA) is 86.8 Å². The molecule has 1 saturated carbocycles. The molecule has 0 bridgehead atoms. The van der Waals surface area contributed by atoms with Gasteiger partial charge in [-0.25, -0.2) is 4.90 Å². The highest BCUT2D eigenvalue weighted by atomic mass is 16.2. The molecule has 1 heterocycles. The Balaban J connectivity index is 1.58. The van der Waals surface area contributed by atoms with Crippen molar-refractivity contribution in [2.75, 3.05) is 10.2 Å². The summed E-state index contributed by atoms with van der Waals surface area (Å²) in [5.74, 6) is -0.983. The van der Waals surface area contributed by atoms with Crippen molar-refractivity contribution in [1.82, 2.24) is 4.90 Å². The fraction of sp³-hybridized carbons (Fsp3) is 0.385. The van der Waals surface area contributed by atoms with E-state index in [0.717, 1.165) is 37.7 Å². The Bertz CT molecular complexity index is 1030. The SMILES string of the molecule is CC(=O)Nc1ccc(N2C(=O)CC(N(C(=O)Cc3ccccc3)C3CCCCC3)C2=O)cc1. The molecule has 7 heteroatoms. The number of rotatable bonds is 6. The molecule has 2 aromatic rings. The lowest BCUT2D eigenvalue weighted by Gasteiger charge is -2.37. The summed E-state index contributed by atoms with van der Waals surface area (Å²) in [5.41, 5.74) is 1.93. The molecule has 1 atom stereocenters.